The van der Waals surface area contributed by atoms with Crippen molar-refractivity contribution < 1.29 is 9.47 Å². The summed E-state index contributed by atoms with van der Waals surface area (Å²) in [4.78, 5) is 8.95. The fraction of sp³-hybridized carbons (Fsp3) is 0.750. The molecule has 0 atom stereocenters. The molecule has 0 amide bonds. The number of hydrogen-bond acceptors (Lipinski definition) is 6. The number of aromatic nitrogens is 2. The van der Waals surface area contributed by atoms with E-state index in [0.29, 0.717) is 29.9 Å². The van der Waals surface area contributed by atoms with E-state index < -0.39 is 0 Å². The quantitative estimate of drug-likeness (QED) is 0.646. The molecule has 0 aliphatic carbocycles. The molecule has 1 aromatic rings. The first kappa shape index (κ1) is 18.5. The van der Waals surface area contributed by atoms with Crippen molar-refractivity contribution in [1.82, 2.24) is 9.97 Å². The second-order valence-electron chi connectivity index (χ2n) is 5.99. The summed E-state index contributed by atoms with van der Waals surface area (Å²) < 4.78 is 11.1. The second kappa shape index (κ2) is 9.46. The van der Waals surface area contributed by atoms with Crippen molar-refractivity contribution in [3.8, 4) is 5.88 Å². The molecule has 1 aromatic heterocycles. The van der Waals surface area contributed by atoms with Crippen LogP contribution in [0.25, 0.3) is 0 Å². The monoisotopic (exact) mass is 310 g/mol. The van der Waals surface area contributed by atoms with Gasteiger partial charge in [0.05, 0.1) is 6.61 Å². The molecule has 1 heterocycles. The maximum Gasteiger partial charge on any atom is 0.242 e. The first-order chi connectivity index (χ1) is 10.5. The number of hydrogen-bond donors (Lipinski definition) is 2. The fourth-order valence-corrected chi connectivity index (χ4v) is 1.74. The number of anilines is 2. The van der Waals surface area contributed by atoms with Gasteiger partial charge in [0, 0.05) is 25.7 Å². The van der Waals surface area contributed by atoms with Crippen molar-refractivity contribution in [3.63, 3.8) is 0 Å². The molecule has 1 rings (SSSR count). The van der Waals surface area contributed by atoms with Crippen LogP contribution in [-0.2, 0) is 4.74 Å². The van der Waals surface area contributed by atoms with Crippen LogP contribution in [-0.4, -0.2) is 36.3 Å². The maximum atomic E-state index is 6.14. The smallest absolute Gasteiger partial charge is 0.242 e. The highest BCUT2D eigenvalue weighted by atomic mass is 16.5. The summed E-state index contributed by atoms with van der Waals surface area (Å²) in [6, 6.07) is 0. The van der Waals surface area contributed by atoms with Crippen LogP contribution in [0.1, 0.15) is 52.8 Å². The molecule has 0 bridgehead atoms. The highest BCUT2D eigenvalue weighted by Gasteiger charge is 2.15. The Labute approximate surface area is 133 Å². The SMILES string of the molecule is CCOCCCNc1nc(C(C)C)nc(OCC(C)C)c1N. The number of nitrogens with zero attached hydrogens (tertiary/aromatic N) is 2. The lowest BCUT2D eigenvalue weighted by atomic mass is 10.2. The molecule has 22 heavy (non-hydrogen) atoms. The van der Waals surface area contributed by atoms with E-state index >= 15 is 0 Å². The van der Waals surface area contributed by atoms with Crippen molar-refractivity contribution >= 4 is 11.5 Å². The van der Waals surface area contributed by atoms with Crippen LogP contribution in [0, 0.1) is 5.92 Å². The minimum atomic E-state index is 0.214. The van der Waals surface area contributed by atoms with Crippen LogP contribution >= 0.6 is 0 Å². The summed E-state index contributed by atoms with van der Waals surface area (Å²) in [6.45, 7) is 13.1. The molecular formula is C16H30N4O2. The van der Waals surface area contributed by atoms with E-state index in [1.165, 1.54) is 0 Å². The number of nitrogens with two attached hydrogens (primary N) is 1. The number of nitrogen functional groups attached to an aromatic ring is 1. The van der Waals surface area contributed by atoms with Crippen molar-refractivity contribution in [2.45, 2.75) is 47.0 Å². The average Bonchev–Trinajstić information content (AvgIpc) is 2.46. The number of ether oxygens (including phenoxy) is 2. The van der Waals surface area contributed by atoms with Crippen LogP contribution in [0.15, 0.2) is 0 Å². The van der Waals surface area contributed by atoms with Gasteiger partial charge in [-0.2, -0.15) is 4.98 Å². The number of nitrogens with one attached hydrogen (secondary N) is 1. The Hall–Kier alpha value is -1.56. The Bertz CT molecular complexity index is 450. The topological polar surface area (TPSA) is 82.3 Å². The zero-order valence-corrected chi connectivity index (χ0v) is 14.5. The third kappa shape index (κ3) is 6.05. The van der Waals surface area contributed by atoms with E-state index in [2.05, 4.69) is 43.0 Å². The normalized spacial score (nSPS) is 11.2. The van der Waals surface area contributed by atoms with E-state index in [9.17, 15) is 0 Å². The van der Waals surface area contributed by atoms with Crippen molar-refractivity contribution in [2.75, 3.05) is 37.4 Å². The molecule has 126 valence electrons. The fourth-order valence-electron chi connectivity index (χ4n) is 1.74. The molecular weight excluding hydrogens is 280 g/mol. The van der Waals surface area contributed by atoms with Crippen LogP contribution in [0.3, 0.4) is 0 Å². The predicted octanol–water partition coefficient (Wildman–Crippen LogP) is 3.06. The molecule has 3 N–H and O–H groups in total. The minimum Gasteiger partial charge on any atom is -0.476 e. The molecule has 6 nitrogen and oxygen atoms in total. The van der Waals surface area contributed by atoms with Crippen molar-refractivity contribution in [2.24, 2.45) is 5.92 Å². The summed E-state index contributed by atoms with van der Waals surface area (Å²) in [5.74, 6) is 2.49. The second-order valence-corrected chi connectivity index (χ2v) is 5.99. The minimum absolute atomic E-state index is 0.214. The highest BCUT2D eigenvalue weighted by Crippen LogP contribution is 2.28. The zero-order chi connectivity index (χ0) is 16.5. The standard InChI is InChI=1S/C16H30N4O2/c1-6-21-9-7-8-18-15-13(17)16(22-10-11(2)3)20-14(19-15)12(4)5/h11-12H,6-10,17H2,1-5H3,(H,18,19,20). The van der Waals surface area contributed by atoms with Crippen LogP contribution < -0.4 is 15.8 Å². The van der Waals surface area contributed by atoms with Gasteiger partial charge < -0.3 is 20.5 Å². The molecule has 0 aromatic carbocycles. The first-order valence-corrected chi connectivity index (χ1v) is 8.07. The predicted molar refractivity (Wildman–Crippen MR) is 90.5 cm³/mol. The van der Waals surface area contributed by atoms with Crippen LogP contribution in [0.2, 0.25) is 0 Å². The van der Waals surface area contributed by atoms with Gasteiger partial charge in [0.2, 0.25) is 5.88 Å². The van der Waals surface area contributed by atoms with Gasteiger partial charge in [0.15, 0.2) is 5.82 Å². The van der Waals surface area contributed by atoms with Crippen LogP contribution in [0.4, 0.5) is 11.5 Å². The van der Waals surface area contributed by atoms with E-state index in [1.54, 1.807) is 0 Å². The van der Waals surface area contributed by atoms with Gasteiger partial charge in [0.1, 0.15) is 11.5 Å². The Morgan fingerprint density at radius 1 is 1.18 bits per heavy atom. The zero-order valence-electron chi connectivity index (χ0n) is 14.5. The summed E-state index contributed by atoms with van der Waals surface area (Å²) in [6.07, 6.45) is 0.899. The van der Waals surface area contributed by atoms with Gasteiger partial charge in [-0.15, -0.1) is 0 Å². The van der Waals surface area contributed by atoms with E-state index in [0.717, 1.165) is 32.0 Å². The summed E-state index contributed by atoms with van der Waals surface area (Å²) in [5.41, 5.74) is 6.61. The third-order valence-corrected chi connectivity index (χ3v) is 2.96. The number of rotatable bonds is 10. The molecule has 6 heteroatoms. The van der Waals surface area contributed by atoms with E-state index in [1.807, 2.05) is 6.92 Å². The Morgan fingerprint density at radius 3 is 2.50 bits per heavy atom. The third-order valence-electron chi connectivity index (χ3n) is 2.96. The Morgan fingerprint density at radius 2 is 1.91 bits per heavy atom. The average molecular weight is 310 g/mol. The molecule has 0 fully saturated rings. The summed E-state index contributed by atoms with van der Waals surface area (Å²) in [5, 5.41) is 3.26. The molecule has 0 radical (unpaired) electrons. The van der Waals surface area contributed by atoms with Gasteiger partial charge in [-0.05, 0) is 19.3 Å². The van der Waals surface area contributed by atoms with Gasteiger partial charge in [-0.3, -0.25) is 0 Å². The van der Waals surface area contributed by atoms with Gasteiger partial charge in [-0.1, -0.05) is 27.7 Å². The van der Waals surface area contributed by atoms with E-state index in [-0.39, 0.29) is 5.92 Å². The molecule has 0 aliphatic rings. The molecule has 0 saturated heterocycles. The lowest BCUT2D eigenvalue weighted by Crippen LogP contribution is -2.14. The largest absolute Gasteiger partial charge is 0.476 e. The van der Waals surface area contributed by atoms with Crippen molar-refractivity contribution in [1.29, 1.82) is 0 Å². The maximum absolute atomic E-state index is 6.14. The summed E-state index contributed by atoms with van der Waals surface area (Å²) in [7, 11) is 0. The Balaban J connectivity index is 2.80. The van der Waals surface area contributed by atoms with Gasteiger partial charge in [0.25, 0.3) is 0 Å². The molecule has 0 spiro atoms. The molecule has 0 saturated carbocycles. The lowest BCUT2D eigenvalue weighted by Gasteiger charge is -2.16. The van der Waals surface area contributed by atoms with Crippen LogP contribution in [0.5, 0.6) is 5.88 Å². The van der Waals surface area contributed by atoms with E-state index in [4.69, 9.17) is 15.2 Å². The molecule has 0 aliphatic heterocycles. The highest BCUT2D eigenvalue weighted by molar-refractivity contribution is 5.67. The van der Waals surface area contributed by atoms with Crippen molar-refractivity contribution in [3.05, 3.63) is 5.82 Å². The summed E-state index contributed by atoms with van der Waals surface area (Å²) >= 11 is 0. The molecule has 0 unspecified atom stereocenters. The van der Waals surface area contributed by atoms with Gasteiger partial charge >= 0.3 is 0 Å². The lowest BCUT2D eigenvalue weighted by molar-refractivity contribution is 0.147. The van der Waals surface area contributed by atoms with Gasteiger partial charge in [-0.25, -0.2) is 4.98 Å². The Kier molecular flexibility index (Phi) is 7.95. The first-order valence-electron chi connectivity index (χ1n) is 8.07.